The minimum Gasteiger partial charge on any atom is -0.392 e. The number of hydrogen-bond donors (Lipinski definition) is 1. The van der Waals surface area contributed by atoms with Crippen molar-refractivity contribution in [2.24, 2.45) is 5.11 Å². The normalized spacial score (nSPS) is 25.0. The third-order valence-electron chi connectivity index (χ3n) is 1.24. The van der Waals surface area contributed by atoms with Crippen LogP contribution in [-0.4, -0.2) is 11.2 Å². The quantitative estimate of drug-likeness (QED) is 0.320. The summed E-state index contributed by atoms with van der Waals surface area (Å²) in [5.41, 5.74) is 8.61. The van der Waals surface area contributed by atoms with Crippen molar-refractivity contribution in [1.29, 1.82) is 0 Å². The molecule has 0 aromatic carbocycles. The molecule has 0 heterocycles. The molecule has 1 unspecified atom stereocenters. The highest BCUT2D eigenvalue weighted by atomic mass is 16.3. The molecule has 0 fully saturated rings. The molecule has 4 heteroatoms. The number of nitrogens with zero attached hydrogens (tertiary/aromatic N) is 3. The van der Waals surface area contributed by atoms with E-state index in [1.807, 2.05) is 0 Å². The first kappa shape index (κ1) is 6.13. The molecule has 9 heavy (non-hydrogen) atoms. The van der Waals surface area contributed by atoms with Gasteiger partial charge in [-0.1, -0.05) is 11.2 Å². The van der Waals surface area contributed by atoms with E-state index in [0.29, 0.717) is 18.5 Å². The summed E-state index contributed by atoms with van der Waals surface area (Å²) in [6, 6.07) is 0. The highest BCUT2D eigenvalue weighted by molar-refractivity contribution is 5.08. The molecule has 1 aliphatic rings. The van der Waals surface area contributed by atoms with Crippen molar-refractivity contribution in [3.05, 3.63) is 22.2 Å². The summed E-state index contributed by atoms with van der Waals surface area (Å²) in [4.78, 5) is 2.60. The molecule has 1 rings (SSSR count). The first-order valence-electron chi connectivity index (χ1n) is 2.75. The maximum Gasteiger partial charge on any atom is 0.0613 e. The van der Waals surface area contributed by atoms with E-state index in [1.165, 1.54) is 0 Å². The van der Waals surface area contributed by atoms with E-state index in [2.05, 4.69) is 10.0 Å². The minimum absolute atomic E-state index is 0.328. The number of aliphatic hydroxyl groups excluding tert-OH is 1. The van der Waals surface area contributed by atoms with Crippen molar-refractivity contribution in [2.75, 3.05) is 0 Å². The van der Waals surface area contributed by atoms with Crippen LogP contribution < -0.4 is 0 Å². The van der Waals surface area contributed by atoms with Gasteiger partial charge in [-0.25, -0.2) is 0 Å². The van der Waals surface area contributed by atoms with E-state index >= 15 is 0 Å². The lowest BCUT2D eigenvalue weighted by atomic mass is 10.3. The van der Waals surface area contributed by atoms with Gasteiger partial charge < -0.3 is 5.11 Å². The number of azide groups is 1. The molecule has 1 atom stereocenters. The van der Waals surface area contributed by atoms with E-state index < -0.39 is 0 Å². The fraction of sp³-hybridized carbons (Fsp3) is 0.600. The summed E-state index contributed by atoms with van der Waals surface area (Å²) in [5, 5.41) is 12.2. The molecular weight excluding hydrogens is 118 g/mol. The minimum atomic E-state index is -0.328. The van der Waals surface area contributed by atoms with Gasteiger partial charge in [0.1, 0.15) is 0 Å². The molecule has 0 bridgehead atoms. The summed E-state index contributed by atoms with van der Waals surface area (Å²) in [6.45, 7) is 0. The second-order valence-corrected chi connectivity index (χ2v) is 1.98. The molecule has 0 aromatic rings. The first-order valence-corrected chi connectivity index (χ1v) is 2.75. The highest BCUT2D eigenvalue weighted by Gasteiger charge is 2.11. The largest absolute Gasteiger partial charge is 0.392 e. The Kier molecular flexibility index (Phi) is 1.72. The third kappa shape index (κ3) is 1.45. The molecule has 1 N–H and O–H groups in total. The van der Waals surface area contributed by atoms with Gasteiger partial charge in [0, 0.05) is 17.0 Å². The average molecular weight is 125 g/mol. The molecule has 0 amide bonds. The van der Waals surface area contributed by atoms with E-state index in [-0.39, 0.29) is 6.10 Å². The molecule has 0 spiro atoms. The standard InChI is InChI=1S/C5H7N3O/c6-8-7-4-1-2-5(9)3-4/h1,5,9H,2-3H2. The predicted octanol–water partition coefficient (Wildman–Crippen LogP) is 1.34. The third-order valence-corrected chi connectivity index (χ3v) is 1.24. The van der Waals surface area contributed by atoms with Gasteiger partial charge in [-0.2, -0.15) is 0 Å². The molecule has 0 radical (unpaired) electrons. The van der Waals surface area contributed by atoms with Crippen LogP contribution in [0.4, 0.5) is 0 Å². The fourth-order valence-corrected chi connectivity index (χ4v) is 0.819. The van der Waals surface area contributed by atoms with Gasteiger partial charge in [0.15, 0.2) is 0 Å². The van der Waals surface area contributed by atoms with Crippen LogP contribution in [0.3, 0.4) is 0 Å². The van der Waals surface area contributed by atoms with Crippen molar-refractivity contribution in [3.8, 4) is 0 Å². The Morgan fingerprint density at radius 3 is 3.11 bits per heavy atom. The lowest BCUT2D eigenvalue weighted by Gasteiger charge is -1.94. The number of hydrogen-bond acceptors (Lipinski definition) is 2. The smallest absolute Gasteiger partial charge is 0.0613 e. The summed E-state index contributed by atoms with van der Waals surface area (Å²) >= 11 is 0. The molecule has 0 aliphatic heterocycles. The van der Waals surface area contributed by atoms with Gasteiger partial charge in [0.2, 0.25) is 0 Å². The molecule has 0 saturated carbocycles. The Hall–Kier alpha value is -0.990. The Labute approximate surface area is 52.4 Å². The monoisotopic (exact) mass is 125 g/mol. The van der Waals surface area contributed by atoms with Gasteiger partial charge in [-0.15, -0.1) is 0 Å². The summed E-state index contributed by atoms with van der Waals surface area (Å²) in [7, 11) is 0. The second-order valence-electron chi connectivity index (χ2n) is 1.98. The first-order chi connectivity index (χ1) is 4.33. The van der Waals surface area contributed by atoms with E-state index in [1.54, 1.807) is 6.08 Å². The van der Waals surface area contributed by atoms with Crippen LogP contribution in [0.25, 0.3) is 10.4 Å². The van der Waals surface area contributed by atoms with Crippen LogP contribution in [0.5, 0.6) is 0 Å². The van der Waals surface area contributed by atoms with Crippen LogP contribution in [0.15, 0.2) is 16.9 Å². The Morgan fingerprint density at radius 1 is 1.89 bits per heavy atom. The fourth-order valence-electron chi connectivity index (χ4n) is 0.819. The van der Waals surface area contributed by atoms with Crippen LogP contribution in [0, 0.1) is 0 Å². The van der Waals surface area contributed by atoms with Crippen molar-refractivity contribution < 1.29 is 5.11 Å². The van der Waals surface area contributed by atoms with Crippen molar-refractivity contribution >= 4 is 0 Å². The summed E-state index contributed by atoms with van der Waals surface area (Å²) in [6.07, 6.45) is 2.55. The molecule has 0 saturated heterocycles. The van der Waals surface area contributed by atoms with Crippen LogP contribution in [-0.2, 0) is 0 Å². The average Bonchev–Trinajstić information content (AvgIpc) is 2.17. The Morgan fingerprint density at radius 2 is 2.67 bits per heavy atom. The molecule has 4 nitrogen and oxygen atoms in total. The van der Waals surface area contributed by atoms with Crippen LogP contribution in [0.1, 0.15) is 12.8 Å². The Bertz CT molecular complexity index is 181. The van der Waals surface area contributed by atoms with Crippen molar-refractivity contribution in [2.45, 2.75) is 18.9 Å². The zero-order valence-corrected chi connectivity index (χ0v) is 4.86. The molecule has 0 aromatic heterocycles. The van der Waals surface area contributed by atoms with Gasteiger partial charge in [0.25, 0.3) is 0 Å². The van der Waals surface area contributed by atoms with E-state index in [0.717, 1.165) is 0 Å². The van der Waals surface area contributed by atoms with Gasteiger partial charge in [-0.05, 0) is 12.0 Å². The zero-order chi connectivity index (χ0) is 6.69. The predicted molar refractivity (Wildman–Crippen MR) is 32.5 cm³/mol. The van der Waals surface area contributed by atoms with E-state index in [9.17, 15) is 0 Å². The lowest BCUT2D eigenvalue weighted by Crippen LogP contribution is -1.97. The van der Waals surface area contributed by atoms with Crippen LogP contribution in [0.2, 0.25) is 0 Å². The van der Waals surface area contributed by atoms with Crippen molar-refractivity contribution in [3.63, 3.8) is 0 Å². The Balaban J connectivity index is 2.55. The number of aliphatic hydroxyl groups is 1. The molecule has 1 aliphatic carbocycles. The van der Waals surface area contributed by atoms with Gasteiger partial charge >= 0.3 is 0 Å². The van der Waals surface area contributed by atoms with Gasteiger partial charge in [0.05, 0.1) is 6.10 Å². The topological polar surface area (TPSA) is 69.0 Å². The lowest BCUT2D eigenvalue weighted by molar-refractivity contribution is 0.187. The second kappa shape index (κ2) is 2.53. The number of rotatable bonds is 1. The SMILES string of the molecule is [N-]=[N+]=NC1=CCC(O)C1. The van der Waals surface area contributed by atoms with Crippen LogP contribution >= 0.6 is 0 Å². The highest BCUT2D eigenvalue weighted by Crippen LogP contribution is 2.18. The van der Waals surface area contributed by atoms with Crippen molar-refractivity contribution in [1.82, 2.24) is 0 Å². The maximum absolute atomic E-state index is 8.89. The maximum atomic E-state index is 8.89. The summed E-state index contributed by atoms with van der Waals surface area (Å²) in [5.74, 6) is 0. The van der Waals surface area contributed by atoms with Gasteiger partial charge in [-0.3, -0.25) is 0 Å². The molecule has 48 valence electrons. The molecular formula is C5H7N3O. The van der Waals surface area contributed by atoms with E-state index in [4.69, 9.17) is 10.6 Å². The zero-order valence-electron chi connectivity index (χ0n) is 4.86. The summed E-state index contributed by atoms with van der Waals surface area (Å²) < 4.78 is 0.